The Kier molecular flexibility index (Phi) is 7.89. The van der Waals surface area contributed by atoms with Crippen molar-refractivity contribution in [1.29, 1.82) is 0 Å². The highest BCUT2D eigenvalue weighted by atomic mass is 16.2. The van der Waals surface area contributed by atoms with Gasteiger partial charge in [0.1, 0.15) is 0 Å². The minimum atomic E-state index is -0.180. The summed E-state index contributed by atoms with van der Waals surface area (Å²) in [7, 11) is 1.83. The summed E-state index contributed by atoms with van der Waals surface area (Å²) in [5.74, 6) is -0.219. The summed E-state index contributed by atoms with van der Waals surface area (Å²) in [5, 5.41) is 6.53. The average Bonchev–Trinajstić information content (AvgIpc) is 3.57. The highest BCUT2D eigenvalue weighted by molar-refractivity contribution is 6.37. The Labute approximate surface area is 225 Å². The van der Waals surface area contributed by atoms with Gasteiger partial charge in [0.2, 0.25) is 0 Å². The van der Waals surface area contributed by atoms with Gasteiger partial charge in [-0.05, 0) is 73.8 Å². The highest BCUT2D eigenvalue weighted by Gasteiger charge is 2.30. The highest BCUT2D eigenvalue weighted by Crippen LogP contribution is 2.38. The quantitative estimate of drug-likeness (QED) is 0.344. The van der Waals surface area contributed by atoms with Crippen LogP contribution in [0.3, 0.4) is 0 Å². The van der Waals surface area contributed by atoms with Gasteiger partial charge in [0.25, 0.3) is 11.8 Å². The number of anilines is 2. The van der Waals surface area contributed by atoms with E-state index in [0.717, 1.165) is 55.0 Å². The van der Waals surface area contributed by atoms with Crippen LogP contribution in [0.15, 0.2) is 72.8 Å². The number of nitrogens with zero attached hydrogens (tertiary/aromatic N) is 2. The largest absolute Gasteiger partial charge is 0.354 e. The number of nitrogens with one attached hydrogen (secondary N) is 2. The first-order valence-corrected chi connectivity index (χ1v) is 13.6. The molecule has 1 saturated heterocycles. The van der Waals surface area contributed by atoms with Crippen LogP contribution in [0.2, 0.25) is 0 Å². The van der Waals surface area contributed by atoms with E-state index in [9.17, 15) is 9.59 Å². The van der Waals surface area contributed by atoms with Crippen molar-refractivity contribution < 1.29 is 9.59 Å². The van der Waals surface area contributed by atoms with Gasteiger partial charge in [-0.25, -0.2) is 0 Å². The van der Waals surface area contributed by atoms with Crippen LogP contribution in [0.25, 0.3) is 11.3 Å². The van der Waals surface area contributed by atoms with Crippen LogP contribution < -0.4 is 10.6 Å². The molecule has 2 amide bonds. The Hall–Kier alpha value is -3.90. The third-order valence-electron chi connectivity index (χ3n) is 7.35. The van der Waals surface area contributed by atoms with Crippen molar-refractivity contribution in [2.24, 2.45) is 0 Å². The van der Waals surface area contributed by atoms with Crippen molar-refractivity contribution >= 4 is 34.5 Å². The molecule has 0 unspecified atom stereocenters. The normalized spacial score (nSPS) is 16.2. The molecule has 0 bridgehead atoms. The summed E-state index contributed by atoms with van der Waals surface area (Å²) in [5.41, 5.74) is 6.39. The molecule has 2 aliphatic heterocycles. The monoisotopic (exact) mass is 508 g/mol. The second-order valence-corrected chi connectivity index (χ2v) is 10.2. The molecule has 38 heavy (non-hydrogen) atoms. The molecule has 2 aliphatic rings. The molecule has 196 valence electrons. The topological polar surface area (TPSA) is 64.7 Å². The van der Waals surface area contributed by atoms with E-state index < -0.39 is 0 Å². The first-order valence-electron chi connectivity index (χ1n) is 13.6. The minimum Gasteiger partial charge on any atom is -0.354 e. The van der Waals surface area contributed by atoms with Gasteiger partial charge in [-0.15, -0.1) is 0 Å². The van der Waals surface area contributed by atoms with Crippen LogP contribution >= 0.6 is 0 Å². The summed E-state index contributed by atoms with van der Waals surface area (Å²) < 4.78 is 0. The van der Waals surface area contributed by atoms with Gasteiger partial charge in [0.15, 0.2) is 0 Å². The molecule has 0 spiro atoms. The lowest BCUT2D eigenvalue weighted by atomic mass is 9.98. The number of hydrogen-bond donors (Lipinski definition) is 2. The summed E-state index contributed by atoms with van der Waals surface area (Å²) in [4.78, 5) is 30.7. The van der Waals surface area contributed by atoms with E-state index in [1.165, 1.54) is 18.4 Å². The Balaban J connectivity index is 1.49. The SMILES string of the molecule is CCCCN(C)C(=O)c1ccc2c(c1)C(=C(Nc1ccc(CN3CCCC3)cc1)c1ccccc1)C(=O)N2. The van der Waals surface area contributed by atoms with Crippen molar-refractivity contribution in [1.82, 2.24) is 9.80 Å². The third-order valence-corrected chi connectivity index (χ3v) is 7.35. The number of hydrogen-bond acceptors (Lipinski definition) is 4. The Morgan fingerprint density at radius 1 is 0.974 bits per heavy atom. The van der Waals surface area contributed by atoms with Crippen molar-refractivity contribution in [3.05, 3.63) is 95.1 Å². The maximum absolute atomic E-state index is 13.3. The number of benzene rings is 3. The van der Waals surface area contributed by atoms with Crippen molar-refractivity contribution in [3.8, 4) is 0 Å². The summed E-state index contributed by atoms with van der Waals surface area (Å²) in [6, 6.07) is 23.8. The number of amides is 2. The first kappa shape index (κ1) is 25.7. The van der Waals surface area contributed by atoms with Crippen LogP contribution in [0, 0.1) is 0 Å². The fourth-order valence-corrected chi connectivity index (χ4v) is 5.19. The van der Waals surface area contributed by atoms with E-state index in [4.69, 9.17) is 0 Å². The van der Waals surface area contributed by atoms with E-state index >= 15 is 0 Å². The van der Waals surface area contributed by atoms with Gasteiger partial charge in [-0.3, -0.25) is 14.5 Å². The third kappa shape index (κ3) is 5.65. The second-order valence-electron chi connectivity index (χ2n) is 10.2. The summed E-state index contributed by atoms with van der Waals surface area (Å²) >= 11 is 0. The zero-order chi connectivity index (χ0) is 26.5. The molecule has 0 aromatic heterocycles. The number of rotatable bonds is 9. The number of likely N-dealkylation sites (tertiary alicyclic amines) is 1. The molecule has 3 aromatic rings. The molecule has 2 heterocycles. The van der Waals surface area contributed by atoms with E-state index in [0.29, 0.717) is 23.4 Å². The van der Waals surface area contributed by atoms with Crippen LogP contribution in [0.1, 0.15) is 59.7 Å². The van der Waals surface area contributed by atoms with Gasteiger partial charge >= 0.3 is 0 Å². The average molecular weight is 509 g/mol. The second kappa shape index (κ2) is 11.7. The lowest BCUT2D eigenvalue weighted by Gasteiger charge is -2.18. The van der Waals surface area contributed by atoms with Crippen LogP contribution in [0.5, 0.6) is 0 Å². The van der Waals surface area contributed by atoms with Crippen LogP contribution in [0.4, 0.5) is 11.4 Å². The molecule has 6 nitrogen and oxygen atoms in total. The van der Waals surface area contributed by atoms with Crippen LogP contribution in [-0.4, -0.2) is 48.3 Å². The molecule has 1 fully saturated rings. The Morgan fingerprint density at radius 2 is 1.71 bits per heavy atom. The van der Waals surface area contributed by atoms with Crippen LogP contribution in [-0.2, 0) is 11.3 Å². The predicted octanol–water partition coefficient (Wildman–Crippen LogP) is 6.09. The standard InChI is InChI=1S/C32H36N4O2/c1-3-4-18-35(2)32(38)25-14-17-28-27(21-25)29(31(37)34-28)30(24-10-6-5-7-11-24)33-26-15-12-23(13-16-26)22-36-19-8-9-20-36/h5-7,10-17,21,33H,3-4,8-9,18-20,22H2,1-2H3,(H,34,37). The molecular weight excluding hydrogens is 472 g/mol. The molecule has 0 atom stereocenters. The molecule has 3 aromatic carbocycles. The van der Waals surface area contributed by atoms with Crippen molar-refractivity contribution in [2.45, 2.75) is 39.2 Å². The molecule has 0 aliphatic carbocycles. The van der Waals surface area contributed by atoms with E-state index in [-0.39, 0.29) is 11.8 Å². The van der Waals surface area contributed by atoms with Crippen molar-refractivity contribution in [3.63, 3.8) is 0 Å². The van der Waals surface area contributed by atoms with Gasteiger partial charge in [-0.2, -0.15) is 0 Å². The molecule has 2 N–H and O–H groups in total. The maximum Gasteiger partial charge on any atom is 0.258 e. The molecule has 5 rings (SSSR count). The van der Waals surface area contributed by atoms with Gasteiger partial charge in [-0.1, -0.05) is 55.8 Å². The Morgan fingerprint density at radius 3 is 2.42 bits per heavy atom. The first-order chi connectivity index (χ1) is 18.5. The number of fused-ring (bicyclic) bond motifs is 1. The predicted molar refractivity (Wildman–Crippen MR) is 155 cm³/mol. The maximum atomic E-state index is 13.3. The number of unbranched alkanes of at least 4 members (excludes halogenated alkanes) is 1. The summed E-state index contributed by atoms with van der Waals surface area (Å²) in [6.45, 7) is 6.11. The van der Waals surface area contributed by atoms with E-state index in [2.05, 4.69) is 46.7 Å². The molecule has 0 saturated carbocycles. The molecular formula is C32H36N4O2. The van der Waals surface area contributed by atoms with Gasteiger partial charge < -0.3 is 15.5 Å². The van der Waals surface area contributed by atoms with E-state index in [1.807, 2.05) is 49.5 Å². The fourth-order valence-electron chi connectivity index (χ4n) is 5.19. The smallest absolute Gasteiger partial charge is 0.258 e. The number of carbonyl (C=O) groups excluding carboxylic acids is 2. The zero-order valence-corrected chi connectivity index (χ0v) is 22.3. The number of carbonyl (C=O) groups is 2. The minimum absolute atomic E-state index is 0.0391. The van der Waals surface area contributed by atoms with Crippen molar-refractivity contribution in [2.75, 3.05) is 37.3 Å². The Bertz CT molecular complexity index is 1330. The van der Waals surface area contributed by atoms with Gasteiger partial charge in [0.05, 0.1) is 11.3 Å². The van der Waals surface area contributed by atoms with Gasteiger partial charge in [0, 0.05) is 42.6 Å². The molecule has 6 heteroatoms. The zero-order valence-electron chi connectivity index (χ0n) is 22.3. The fraction of sp³-hybridized carbons (Fsp3) is 0.312. The lowest BCUT2D eigenvalue weighted by Crippen LogP contribution is -2.27. The summed E-state index contributed by atoms with van der Waals surface area (Å²) in [6.07, 6.45) is 4.54. The lowest BCUT2D eigenvalue weighted by molar-refractivity contribution is -0.110. The van der Waals surface area contributed by atoms with E-state index in [1.54, 1.807) is 11.0 Å². The molecule has 0 radical (unpaired) electrons.